The Balaban J connectivity index is 1.61. The third-order valence-electron chi connectivity index (χ3n) is 5.84. The monoisotopic (exact) mass is 378 g/mol. The normalized spacial score (nSPS) is 24.5. The number of carbonyl (C=O) groups is 2. The predicted molar refractivity (Wildman–Crippen MR) is 105 cm³/mol. The summed E-state index contributed by atoms with van der Waals surface area (Å²) in [5, 5.41) is 5.96. The molecule has 3 amide bonds. The number of amides is 3. The van der Waals surface area contributed by atoms with Crippen LogP contribution < -0.4 is 10.6 Å². The molecule has 2 fully saturated rings. The van der Waals surface area contributed by atoms with Gasteiger partial charge < -0.3 is 20.3 Å². The van der Waals surface area contributed by atoms with Crippen molar-refractivity contribution in [2.45, 2.75) is 83.3 Å². The second-order valence-corrected chi connectivity index (χ2v) is 8.39. The van der Waals surface area contributed by atoms with Crippen molar-refractivity contribution in [1.82, 2.24) is 15.5 Å². The average molecular weight is 379 g/mol. The van der Waals surface area contributed by atoms with Crippen molar-refractivity contribution >= 4 is 17.8 Å². The number of aliphatic imine (C=N–C) groups is 1. The lowest BCUT2D eigenvalue weighted by Crippen LogP contribution is -2.53. The fraction of sp³-hybridized carbons (Fsp3) is 0.850. The lowest BCUT2D eigenvalue weighted by Gasteiger charge is -2.26. The first kappa shape index (κ1) is 20.0. The summed E-state index contributed by atoms with van der Waals surface area (Å²) < 4.78 is 5.71. The first-order valence-electron chi connectivity index (χ1n) is 10.6. The van der Waals surface area contributed by atoms with Crippen LogP contribution in [-0.2, 0) is 9.53 Å². The molecule has 0 bridgehead atoms. The Kier molecular flexibility index (Phi) is 6.96. The Labute approximate surface area is 162 Å². The molecule has 0 radical (unpaired) electrons. The molecule has 152 valence electrons. The summed E-state index contributed by atoms with van der Waals surface area (Å²) >= 11 is 0. The van der Waals surface area contributed by atoms with E-state index < -0.39 is 6.04 Å². The number of nitrogens with zero attached hydrogens (tertiary/aromatic N) is 2. The zero-order valence-corrected chi connectivity index (χ0v) is 16.7. The van der Waals surface area contributed by atoms with Gasteiger partial charge in [0.1, 0.15) is 12.6 Å². The molecular weight excluding hydrogens is 344 g/mol. The molecule has 7 heteroatoms. The van der Waals surface area contributed by atoms with Crippen LogP contribution in [0.1, 0.15) is 65.2 Å². The van der Waals surface area contributed by atoms with Crippen LogP contribution in [0.25, 0.3) is 0 Å². The molecule has 1 saturated heterocycles. The zero-order valence-electron chi connectivity index (χ0n) is 16.7. The largest absolute Gasteiger partial charge is 0.479 e. The lowest BCUT2D eigenvalue weighted by atomic mass is 9.96. The minimum absolute atomic E-state index is 0.0226. The van der Waals surface area contributed by atoms with E-state index in [1.165, 1.54) is 6.42 Å². The summed E-state index contributed by atoms with van der Waals surface area (Å²) in [7, 11) is 0. The average Bonchev–Trinajstić information content (AvgIpc) is 3.33. The smallest absolute Gasteiger partial charge is 0.315 e. The van der Waals surface area contributed by atoms with Gasteiger partial charge in [0.15, 0.2) is 5.90 Å². The molecule has 1 aliphatic carbocycles. The van der Waals surface area contributed by atoms with Crippen molar-refractivity contribution in [1.29, 1.82) is 0 Å². The number of urea groups is 1. The van der Waals surface area contributed by atoms with Gasteiger partial charge in [-0.15, -0.1) is 0 Å². The van der Waals surface area contributed by atoms with Gasteiger partial charge in [0.25, 0.3) is 0 Å². The van der Waals surface area contributed by atoms with E-state index >= 15 is 0 Å². The molecule has 2 aliphatic heterocycles. The molecule has 0 spiro atoms. The van der Waals surface area contributed by atoms with Gasteiger partial charge in [-0.3, -0.25) is 4.79 Å². The van der Waals surface area contributed by atoms with Crippen molar-refractivity contribution in [3.8, 4) is 0 Å². The highest BCUT2D eigenvalue weighted by Gasteiger charge is 2.32. The van der Waals surface area contributed by atoms with Crippen molar-refractivity contribution in [3.05, 3.63) is 0 Å². The summed E-state index contributed by atoms with van der Waals surface area (Å²) in [6, 6.07) is -0.514. The number of likely N-dealkylation sites (tertiary alicyclic amines) is 1. The van der Waals surface area contributed by atoms with Gasteiger partial charge in [0.05, 0.1) is 12.5 Å². The Morgan fingerprint density at radius 3 is 2.48 bits per heavy atom. The van der Waals surface area contributed by atoms with Gasteiger partial charge in [0.2, 0.25) is 5.91 Å². The molecule has 7 nitrogen and oxygen atoms in total. The van der Waals surface area contributed by atoms with Crippen LogP contribution in [0.5, 0.6) is 0 Å². The van der Waals surface area contributed by atoms with E-state index in [2.05, 4.69) is 29.5 Å². The molecule has 27 heavy (non-hydrogen) atoms. The number of carbonyl (C=O) groups excluding carboxylic acids is 2. The lowest BCUT2D eigenvalue weighted by molar-refractivity contribution is -0.132. The second-order valence-electron chi connectivity index (χ2n) is 8.39. The molecule has 1 saturated carbocycles. The van der Waals surface area contributed by atoms with E-state index in [0.717, 1.165) is 51.6 Å². The minimum Gasteiger partial charge on any atom is -0.479 e. The van der Waals surface area contributed by atoms with E-state index in [1.54, 1.807) is 0 Å². The number of hydrogen-bond acceptors (Lipinski definition) is 4. The van der Waals surface area contributed by atoms with Crippen LogP contribution in [0.2, 0.25) is 0 Å². The van der Waals surface area contributed by atoms with Crippen LogP contribution in [-0.4, -0.2) is 60.6 Å². The minimum atomic E-state index is -0.614. The standard InChI is InChI=1S/C20H34N4O3/c1-14(2)17-13-27-18(22-17)12-16(19(25)24-10-6-7-11-24)23-20(26)21-15-8-4-3-5-9-15/h14-17H,3-13H2,1-2H3,(H2,21,23,26)/t16-,17-/m1/s1. The third kappa shape index (κ3) is 5.59. The zero-order chi connectivity index (χ0) is 19.2. The maximum atomic E-state index is 12.9. The first-order chi connectivity index (χ1) is 13.0. The second kappa shape index (κ2) is 9.42. The van der Waals surface area contributed by atoms with Crippen LogP contribution in [0.3, 0.4) is 0 Å². The summed E-state index contributed by atoms with van der Waals surface area (Å²) in [6.07, 6.45) is 7.97. The Hall–Kier alpha value is -1.79. The van der Waals surface area contributed by atoms with Crippen LogP contribution in [0.15, 0.2) is 4.99 Å². The predicted octanol–water partition coefficient (Wildman–Crippen LogP) is 2.45. The molecule has 0 aromatic heterocycles. The first-order valence-corrected chi connectivity index (χ1v) is 10.6. The number of rotatable bonds is 6. The van der Waals surface area contributed by atoms with E-state index in [9.17, 15) is 9.59 Å². The van der Waals surface area contributed by atoms with Crippen LogP contribution >= 0.6 is 0 Å². The quantitative estimate of drug-likeness (QED) is 0.745. The van der Waals surface area contributed by atoms with Crippen molar-refractivity contribution < 1.29 is 14.3 Å². The van der Waals surface area contributed by atoms with Crippen LogP contribution in [0, 0.1) is 5.92 Å². The van der Waals surface area contributed by atoms with Crippen LogP contribution in [0.4, 0.5) is 4.79 Å². The van der Waals surface area contributed by atoms with E-state index in [4.69, 9.17) is 4.74 Å². The van der Waals surface area contributed by atoms with Gasteiger partial charge in [-0.2, -0.15) is 0 Å². The Morgan fingerprint density at radius 2 is 1.85 bits per heavy atom. The van der Waals surface area contributed by atoms with Crippen molar-refractivity contribution in [3.63, 3.8) is 0 Å². The molecule has 0 aromatic rings. The molecule has 2 atom stereocenters. The summed E-state index contributed by atoms with van der Waals surface area (Å²) in [5.41, 5.74) is 0. The Bertz CT molecular complexity index is 551. The number of hydrogen-bond donors (Lipinski definition) is 2. The summed E-state index contributed by atoms with van der Waals surface area (Å²) in [5.74, 6) is 0.965. The molecular formula is C20H34N4O3. The molecule has 3 rings (SSSR count). The molecule has 3 aliphatic rings. The van der Waals surface area contributed by atoms with E-state index in [1.807, 2.05) is 4.90 Å². The molecule has 0 aromatic carbocycles. The highest BCUT2D eigenvalue weighted by Crippen LogP contribution is 2.19. The van der Waals surface area contributed by atoms with E-state index in [-0.39, 0.29) is 24.0 Å². The molecule has 2 N–H and O–H groups in total. The topological polar surface area (TPSA) is 83.0 Å². The third-order valence-corrected chi connectivity index (χ3v) is 5.84. The fourth-order valence-electron chi connectivity index (χ4n) is 4.06. The van der Waals surface area contributed by atoms with Crippen molar-refractivity contribution in [2.75, 3.05) is 19.7 Å². The summed E-state index contributed by atoms with van der Waals surface area (Å²) in [4.78, 5) is 31.9. The Morgan fingerprint density at radius 1 is 1.15 bits per heavy atom. The van der Waals surface area contributed by atoms with E-state index in [0.29, 0.717) is 24.8 Å². The van der Waals surface area contributed by atoms with Gasteiger partial charge >= 0.3 is 6.03 Å². The number of nitrogens with one attached hydrogen (secondary N) is 2. The molecule has 2 heterocycles. The van der Waals surface area contributed by atoms with Gasteiger partial charge in [-0.1, -0.05) is 33.1 Å². The SMILES string of the molecule is CC(C)[C@H]1COC(C[C@@H](NC(=O)NC2CCCCC2)C(=O)N2CCCC2)=N1. The summed E-state index contributed by atoms with van der Waals surface area (Å²) in [6.45, 7) is 6.32. The fourth-order valence-corrected chi connectivity index (χ4v) is 4.06. The van der Waals surface area contributed by atoms with Crippen molar-refractivity contribution in [2.24, 2.45) is 10.9 Å². The molecule has 0 unspecified atom stereocenters. The van der Waals surface area contributed by atoms with Gasteiger partial charge in [-0.25, -0.2) is 9.79 Å². The highest BCUT2D eigenvalue weighted by atomic mass is 16.5. The van der Waals surface area contributed by atoms with Gasteiger partial charge in [0, 0.05) is 19.1 Å². The maximum Gasteiger partial charge on any atom is 0.315 e. The highest BCUT2D eigenvalue weighted by molar-refractivity contribution is 5.92. The maximum absolute atomic E-state index is 12.9. The van der Waals surface area contributed by atoms with Gasteiger partial charge in [-0.05, 0) is 31.6 Å². The number of ether oxygens (including phenoxy) is 1.